The van der Waals surface area contributed by atoms with E-state index < -0.39 is 0 Å². The zero-order valence-electron chi connectivity index (χ0n) is 8.63. The highest BCUT2D eigenvalue weighted by atomic mass is 32.1. The SMILES string of the molecule is CNC(=S)NN1[C@@H](C)CCC[C@@H]1C. The molecule has 4 heteroatoms. The predicted octanol–water partition coefficient (Wildman–Crippen LogP) is 1.26. The summed E-state index contributed by atoms with van der Waals surface area (Å²) in [5.74, 6) is 0. The average molecular weight is 201 g/mol. The molecule has 0 amide bonds. The van der Waals surface area contributed by atoms with E-state index in [2.05, 4.69) is 29.6 Å². The van der Waals surface area contributed by atoms with Crippen molar-refractivity contribution >= 4 is 17.3 Å². The molecule has 0 aromatic heterocycles. The maximum absolute atomic E-state index is 5.08. The highest BCUT2D eigenvalue weighted by Crippen LogP contribution is 2.19. The fraction of sp³-hybridized carbons (Fsp3) is 0.889. The van der Waals surface area contributed by atoms with Crippen LogP contribution in [0.1, 0.15) is 33.1 Å². The normalized spacial score (nSPS) is 29.8. The second-order valence-electron chi connectivity index (χ2n) is 3.73. The lowest BCUT2D eigenvalue weighted by Crippen LogP contribution is -2.55. The fourth-order valence-corrected chi connectivity index (χ4v) is 1.92. The van der Waals surface area contributed by atoms with Gasteiger partial charge in [0, 0.05) is 19.1 Å². The van der Waals surface area contributed by atoms with Crippen molar-refractivity contribution in [2.24, 2.45) is 0 Å². The number of hydrogen-bond acceptors (Lipinski definition) is 2. The molecule has 1 heterocycles. The van der Waals surface area contributed by atoms with Gasteiger partial charge < -0.3 is 5.32 Å². The molecule has 0 aliphatic carbocycles. The second-order valence-corrected chi connectivity index (χ2v) is 4.14. The van der Waals surface area contributed by atoms with Crippen LogP contribution in [-0.2, 0) is 0 Å². The summed E-state index contributed by atoms with van der Waals surface area (Å²) in [5, 5.41) is 5.89. The molecule has 1 aliphatic rings. The third-order valence-corrected chi connectivity index (χ3v) is 2.95. The largest absolute Gasteiger partial charge is 0.365 e. The van der Waals surface area contributed by atoms with Crippen LogP contribution in [0, 0.1) is 0 Å². The van der Waals surface area contributed by atoms with E-state index in [1.165, 1.54) is 19.3 Å². The minimum Gasteiger partial charge on any atom is -0.365 e. The van der Waals surface area contributed by atoms with Gasteiger partial charge in [0.15, 0.2) is 5.11 Å². The minimum absolute atomic E-state index is 0.579. The Morgan fingerprint density at radius 3 is 2.31 bits per heavy atom. The number of rotatable bonds is 1. The summed E-state index contributed by atoms with van der Waals surface area (Å²) in [6.45, 7) is 4.47. The molecule has 3 nitrogen and oxygen atoms in total. The van der Waals surface area contributed by atoms with Gasteiger partial charge in [0.05, 0.1) is 0 Å². The van der Waals surface area contributed by atoms with Crippen molar-refractivity contribution < 1.29 is 0 Å². The van der Waals surface area contributed by atoms with Crippen molar-refractivity contribution in [1.82, 2.24) is 15.8 Å². The highest BCUT2D eigenvalue weighted by molar-refractivity contribution is 7.80. The Kier molecular flexibility index (Phi) is 3.93. The van der Waals surface area contributed by atoms with Crippen molar-refractivity contribution in [3.63, 3.8) is 0 Å². The number of piperidine rings is 1. The molecule has 0 spiro atoms. The Hall–Kier alpha value is -0.350. The smallest absolute Gasteiger partial charge is 0.180 e. The minimum atomic E-state index is 0.579. The molecule has 0 aromatic carbocycles. The number of nitrogens with zero attached hydrogens (tertiary/aromatic N) is 1. The average Bonchev–Trinajstić information content (AvgIpc) is 2.11. The number of hydrazine groups is 1. The lowest BCUT2D eigenvalue weighted by atomic mass is 10.00. The number of hydrogen-bond donors (Lipinski definition) is 2. The van der Waals surface area contributed by atoms with Crippen LogP contribution in [0.3, 0.4) is 0 Å². The molecule has 1 rings (SSSR count). The molecular formula is C9H19N3S. The van der Waals surface area contributed by atoms with E-state index in [9.17, 15) is 0 Å². The summed E-state index contributed by atoms with van der Waals surface area (Å²) in [5.41, 5.74) is 3.22. The van der Waals surface area contributed by atoms with E-state index in [-0.39, 0.29) is 0 Å². The molecule has 1 fully saturated rings. The topological polar surface area (TPSA) is 27.3 Å². The summed E-state index contributed by atoms with van der Waals surface area (Å²) in [4.78, 5) is 0. The van der Waals surface area contributed by atoms with Crippen molar-refractivity contribution in [1.29, 1.82) is 0 Å². The summed E-state index contributed by atoms with van der Waals surface area (Å²) < 4.78 is 0. The summed E-state index contributed by atoms with van der Waals surface area (Å²) in [7, 11) is 1.84. The number of thiocarbonyl (C=S) groups is 1. The van der Waals surface area contributed by atoms with Gasteiger partial charge in [0.2, 0.25) is 0 Å². The van der Waals surface area contributed by atoms with E-state index in [0.717, 1.165) is 0 Å². The molecule has 0 bridgehead atoms. The van der Waals surface area contributed by atoms with Crippen LogP contribution >= 0.6 is 12.2 Å². The molecule has 0 unspecified atom stereocenters. The Labute approximate surface area is 85.8 Å². The first-order valence-corrected chi connectivity index (χ1v) is 5.32. The van der Waals surface area contributed by atoms with E-state index in [1.54, 1.807) is 0 Å². The summed E-state index contributed by atoms with van der Waals surface area (Å²) in [6, 6.07) is 1.16. The molecule has 76 valence electrons. The molecule has 0 radical (unpaired) electrons. The van der Waals surface area contributed by atoms with E-state index in [1.807, 2.05) is 7.05 Å². The predicted molar refractivity (Wildman–Crippen MR) is 59.4 cm³/mol. The van der Waals surface area contributed by atoms with Crippen LogP contribution in [0.2, 0.25) is 0 Å². The first-order chi connectivity index (χ1) is 6.15. The van der Waals surface area contributed by atoms with Crippen molar-refractivity contribution in [2.75, 3.05) is 7.05 Å². The lowest BCUT2D eigenvalue weighted by Gasteiger charge is -2.39. The monoisotopic (exact) mass is 201 g/mol. The quantitative estimate of drug-likeness (QED) is 0.625. The molecule has 0 aromatic rings. The third-order valence-electron chi connectivity index (χ3n) is 2.65. The Balaban J connectivity index is 2.48. The Morgan fingerprint density at radius 1 is 1.31 bits per heavy atom. The maximum Gasteiger partial charge on any atom is 0.180 e. The highest BCUT2D eigenvalue weighted by Gasteiger charge is 2.24. The maximum atomic E-state index is 5.08. The van der Waals surface area contributed by atoms with E-state index in [0.29, 0.717) is 17.2 Å². The van der Waals surface area contributed by atoms with Crippen molar-refractivity contribution in [2.45, 2.75) is 45.2 Å². The van der Waals surface area contributed by atoms with Gasteiger partial charge in [-0.05, 0) is 38.9 Å². The van der Waals surface area contributed by atoms with Gasteiger partial charge in [-0.25, -0.2) is 5.01 Å². The molecule has 2 N–H and O–H groups in total. The van der Waals surface area contributed by atoms with Gasteiger partial charge in [-0.3, -0.25) is 5.43 Å². The van der Waals surface area contributed by atoms with Gasteiger partial charge in [0.1, 0.15) is 0 Å². The van der Waals surface area contributed by atoms with Crippen molar-refractivity contribution in [3.05, 3.63) is 0 Å². The third kappa shape index (κ3) is 2.81. The zero-order chi connectivity index (χ0) is 9.84. The van der Waals surface area contributed by atoms with Gasteiger partial charge in [-0.2, -0.15) is 0 Å². The zero-order valence-corrected chi connectivity index (χ0v) is 9.45. The second kappa shape index (κ2) is 4.77. The van der Waals surface area contributed by atoms with Gasteiger partial charge >= 0.3 is 0 Å². The molecule has 2 atom stereocenters. The van der Waals surface area contributed by atoms with E-state index >= 15 is 0 Å². The van der Waals surface area contributed by atoms with Crippen LogP contribution in [-0.4, -0.2) is 29.3 Å². The first-order valence-electron chi connectivity index (χ1n) is 4.92. The Morgan fingerprint density at radius 2 is 1.85 bits per heavy atom. The van der Waals surface area contributed by atoms with Crippen LogP contribution in [0.25, 0.3) is 0 Å². The lowest BCUT2D eigenvalue weighted by molar-refractivity contribution is 0.0738. The van der Waals surface area contributed by atoms with E-state index in [4.69, 9.17) is 12.2 Å². The van der Waals surface area contributed by atoms with Crippen molar-refractivity contribution in [3.8, 4) is 0 Å². The fourth-order valence-electron chi connectivity index (χ4n) is 1.81. The van der Waals surface area contributed by atoms with Crippen LogP contribution < -0.4 is 10.7 Å². The number of nitrogens with one attached hydrogen (secondary N) is 2. The van der Waals surface area contributed by atoms with Crippen LogP contribution in [0.5, 0.6) is 0 Å². The summed E-state index contributed by atoms with van der Waals surface area (Å²) in [6.07, 6.45) is 3.83. The van der Waals surface area contributed by atoms with Gasteiger partial charge in [0.25, 0.3) is 0 Å². The van der Waals surface area contributed by atoms with Gasteiger partial charge in [-0.15, -0.1) is 0 Å². The Bertz CT molecular complexity index is 174. The van der Waals surface area contributed by atoms with Gasteiger partial charge in [-0.1, -0.05) is 6.42 Å². The van der Waals surface area contributed by atoms with Crippen LogP contribution in [0.4, 0.5) is 0 Å². The standard InChI is InChI=1S/C9H19N3S/c1-7-5-4-6-8(2)12(7)11-9(13)10-3/h7-8H,4-6H2,1-3H3,(H2,10,11,13)/t7-,8-/m0/s1. The molecule has 1 saturated heterocycles. The first kappa shape index (κ1) is 10.7. The molecule has 0 saturated carbocycles. The molecule has 13 heavy (non-hydrogen) atoms. The molecular weight excluding hydrogens is 182 g/mol. The molecule has 1 aliphatic heterocycles. The summed E-state index contributed by atoms with van der Waals surface area (Å²) >= 11 is 5.08. The van der Waals surface area contributed by atoms with Crippen LogP contribution in [0.15, 0.2) is 0 Å².